The Bertz CT molecular complexity index is 775. The van der Waals surface area contributed by atoms with Crippen LogP contribution in [0, 0.1) is 6.92 Å². The van der Waals surface area contributed by atoms with Crippen LogP contribution in [-0.4, -0.2) is 22.2 Å². The van der Waals surface area contributed by atoms with Gasteiger partial charge in [-0.25, -0.2) is 9.78 Å². The maximum atomic E-state index is 10.9. The predicted octanol–water partition coefficient (Wildman–Crippen LogP) is 3.67. The third kappa shape index (κ3) is 2.06. The van der Waals surface area contributed by atoms with Gasteiger partial charge in [0.2, 0.25) is 0 Å². The Hall–Kier alpha value is -1.66. The minimum Gasteiger partial charge on any atom is -0.479 e. The molecule has 0 saturated heterocycles. The van der Waals surface area contributed by atoms with Gasteiger partial charge in [-0.2, -0.15) is 0 Å². The Morgan fingerprint density at radius 1 is 1.53 bits per heavy atom. The van der Waals surface area contributed by atoms with Gasteiger partial charge in [0.1, 0.15) is 5.75 Å². The number of hydrogen-bond donors (Lipinski definition) is 1. The summed E-state index contributed by atoms with van der Waals surface area (Å²) in [5, 5.41) is 12.8. The number of fused-ring (bicyclic) bond motifs is 3. The lowest BCUT2D eigenvalue weighted by Crippen LogP contribution is -2.22. The van der Waals surface area contributed by atoms with Crippen LogP contribution in [0.5, 0.6) is 5.75 Å². The number of benzene rings is 1. The van der Waals surface area contributed by atoms with Crippen molar-refractivity contribution in [2.24, 2.45) is 0 Å². The molecule has 0 fully saturated rings. The van der Waals surface area contributed by atoms with E-state index in [9.17, 15) is 4.79 Å². The Kier molecular flexibility index (Phi) is 2.91. The van der Waals surface area contributed by atoms with Gasteiger partial charge in [-0.3, -0.25) is 0 Å². The number of aromatic nitrogens is 1. The van der Waals surface area contributed by atoms with E-state index >= 15 is 0 Å². The molecule has 0 bridgehead atoms. The van der Waals surface area contributed by atoms with Gasteiger partial charge in [-0.05, 0) is 25.3 Å². The van der Waals surface area contributed by atoms with Crippen molar-refractivity contribution in [3.63, 3.8) is 0 Å². The van der Waals surface area contributed by atoms with Gasteiger partial charge in [0.05, 0.1) is 19.9 Å². The fourth-order valence-electron chi connectivity index (χ4n) is 1.93. The number of aliphatic carboxylic acids is 1. The fraction of sp³-hybridized carbons (Fsp3) is 0.231. The minimum atomic E-state index is -0.969. The largest absolute Gasteiger partial charge is 0.479 e. The van der Waals surface area contributed by atoms with Crippen LogP contribution in [0.4, 0.5) is 0 Å². The molecular weight excluding hydrogens is 282 g/mol. The summed E-state index contributed by atoms with van der Waals surface area (Å²) in [5.74, 6) is -0.355. The monoisotopic (exact) mass is 293 g/mol. The van der Waals surface area contributed by atoms with Crippen LogP contribution < -0.4 is 4.74 Å². The molecule has 2 aromatic heterocycles. The van der Waals surface area contributed by atoms with E-state index in [1.165, 1.54) is 6.92 Å². The number of aryl methyl sites for hydroxylation is 1. The highest BCUT2D eigenvalue weighted by Gasteiger charge is 2.17. The van der Waals surface area contributed by atoms with Gasteiger partial charge in [0.15, 0.2) is 6.10 Å². The summed E-state index contributed by atoms with van der Waals surface area (Å²) >= 11 is 3.18. The summed E-state index contributed by atoms with van der Waals surface area (Å²) in [4.78, 5) is 15.4. The predicted molar refractivity (Wildman–Crippen MR) is 77.5 cm³/mol. The Balaban J connectivity index is 2.21. The third-order valence-corrected chi connectivity index (χ3v) is 4.66. The highest BCUT2D eigenvalue weighted by Crippen LogP contribution is 2.39. The quantitative estimate of drug-likeness (QED) is 0.800. The molecule has 4 nitrogen and oxygen atoms in total. The molecule has 19 heavy (non-hydrogen) atoms. The van der Waals surface area contributed by atoms with Gasteiger partial charge in [-0.15, -0.1) is 22.7 Å². The highest BCUT2D eigenvalue weighted by molar-refractivity contribution is 7.21. The molecule has 3 aromatic rings. The Labute approximate surface area is 117 Å². The smallest absolute Gasteiger partial charge is 0.344 e. The van der Waals surface area contributed by atoms with Crippen molar-refractivity contribution in [2.45, 2.75) is 20.0 Å². The summed E-state index contributed by atoms with van der Waals surface area (Å²) < 4.78 is 7.63. The molecule has 0 aliphatic rings. The summed E-state index contributed by atoms with van der Waals surface area (Å²) in [6.45, 7) is 3.49. The Morgan fingerprint density at radius 3 is 3.05 bits per heavy atom. The van der Waals surface area contributed by atoms with E-state index in [1.807, 2.05) is 24.4 Å². The molecule has 0 radical (unpaired) electrons. The zero-order chi connectivity index (χ0) is 13.6. The Morgan fingerprint density at radius 2 is 2.32 bits per heavy atom. The van der Waals surface area contributed by atoms with Gasteiger partial charge >= 0.3 is 5.97 Å². The number of carboxylic acids is 1. The van der Waals surface area contributed by atoms with Crippen molar-refractivity contribution in [3.8, 4) is 5.75 Å². The van der Waals surface area contributed by atoms with E-state index in [-0.39, 0.29) is 0 Å². The first-order valence-corrected chi connectivity index (χ1v) is 7.42. The molecule has 2 heterocycles. The van der Waals surface area contributed by atoms with Crippen LogP contribution in [0.3, 0.4) is 0 Å². The molecule has 0 saturated carbocycles. The van der Waals surface area contributed by atoms with Gasteiger partial charge in [-0.1, -0.05) is 0 Å². The van der Waals surface area contributed by atoms with Crippen LogP contribution >= 0.6 is 22.7 Å². The maximum Gasteiger partial charge on any atom is 0.344 e. The van der Waals surface area contributed by atoms with Crippen LogP contribution in [0.15, 0.2) is 17.5 Å². The molecule has 0 aliphatic carbocycles. The van der Waals surface area contributed by atoms with Crippen LogP contribution in [0.25, 0.3) is 20.3 Å². The first kappa shape index (κ1) is 12.4. The van der Waals surface area contributed by atoms with Crippen molar-refractivity contribution >= 4 is 48.9 Å². The third-order valence-electron chi connectivity index (χ3n) is 2.82. The zero-order valence-corrected chi connectivity index (χ0v) is 12.0. The van der Waals surface area contributed by atoms with Gasteiger partial charge < -0.3 is 9.84 Å². The van der Waals surface area contributed by atoms with Gasteiger partial charge in [0, 0.05) is 11.5 Å². The lowest BCUT2D eigenvalue weighted by atomic mass is 10.2. The van der Waals surface area contributed by atoms with Crippen molar-refractivity contribution in [2.75, 3.05) is 0 Å². The topological polar surface area (TPSA) is 59.4 Å². The zero-order valence-electron chi connectivity index (χ0n) is 10.3. The van der Waals surface area contributed by atoms with E-state index in [0.29, 0.717) is 5.75 Å². The molecule has 1 atom stereocenters. The second kappa shape index (κ2) is 4.47. The first-order chi connectivity index (χ1) is 9.06. The minimum absolute atomic E-state index is 0.613. The molecule has 0 unspecified atom stereocenters. The summed E-state index contributed by atoms with van der Waals surface area (Å²) in [6.07, 6.45) is -0.866. The molecular formula is C13H11NO3S2. The number of hydrogen-bond acceptors (Lipinski definition) is 5. The van der Waals surface area contributed by atoms with Crippen molar-refractivity contribution < 1.29 is 14.6 Å². The van der Waals surface area contributed by atoms with E-state index in [0.717, 1.165) is 25.3 Å². The molecule has 98 valence electrons. The van der Waals surface area contributed by atoms with Crippen molar-refractivity contribution in [3.05, 3.63) is 22.5 Å². The van der Waals surface area contributed by atoms with E-state index in [1.54, 1.807) is 22.7 Å². The molecule has 6 heteroatoms. The molecule has 0 spiro atoms. The standard InChI is InChI=1S/C13H11NO3S2/c1-6(13(15)16)17-9-5-10-11(14-7(2)19-10)12-8(9)3-4-18-12/h3-6H,1-2H3,(H,15,16)/t6-/m0/s1. The lowest BCUT2D eigenvalue weighted by Gasteiger charge is -2.11. The molecule has 0 aliphatic heterocycles. The van der Waals surface area contributed by atoms with E-state index < -0.39 is 12.1 Å². The molecule has 1 N–H and O–H groups in total. The average Bonchev–Trinajstić information content (AvgIpc) is 2.93. The van der Waals surface area contributed by atoms with Crippen LogP contribution in [-0.2, 0) is 4.79 Å². The van der Waals surface area contributed by atoms with Crippen molar-refractivity contribution in [1.82, 2.24) is 4.98 Å². The fourth-order valence-corrected chi connectivity index (χ4v) is 3.76. The highest BCUT2D eigenvalue weighted by atomic mass is 32.1. The number of thiophene rings is 1. The van der Waals surface area contributed by atoms with Crippen LogP contribution in [0.2, 0.25) is 0 Å². The summed E-state index contributed by atoms with van der Waals surface area (Å²) in [7, 11) is 0. The number of rotatable bonds is 3. The number of carboxylic acid groups (broad SMARTS) is 1. The number of thiazole rings is 1. The van der Waals surface area contributed by atoms with Gasteiger partial charge in [0.25, 0.3) is 0 Å². The van der Waals surface area contributed by atoms with E-state index in [2.05, 4.69) is 4.98 Å². The average molecular weight is 293 g/mol. The summed E-state index contributed by atoms with van der Waals surface area (Å²) in [5.41, 5.74) is 0.975. The molecule has 3 rings (SSSR count). The second-order valence-electron chi connectivity index (χ2n) is 4.22. The van der Waals surface area contributed by atoms with E-state index in [4.69, 9.17) is 9.84 Å². The van der Waals surface area contributed by atoms with Crippen molar-refractivity contribution in [1.29, 1.82) is 0 Å². The number of carbonyl (C=O) groups is 1. The number of nitrogens with zero attached hydrogens (tertiary/aromatic N) is 1. The lowest BCUT2D eigenvalue weighted by molar-refractivity contribution is -0.144. The summed E-state index contributed by atoms with van der Waals surface area (Å²) in [6, 6.07) is 3.83. The normalized spacial score (nSPS) is 12.9. The van der Waals surface area contributed by atoms with Crippen LogP contribution in [0.1, 0.15) is 11.9 Å². The maximum absolute atomic E-state index is 10.9. The first-order valence-electron chi connectivity index (χ1n) is 5.73. The molecule has 1 aromatic carbocycles. The SMILES string of the molecule is Cc1nc2c(cc(O[C@@H](C)C(=O)O)c3ccsc32)s1. The number of ether oxygens (including phenoxy) is 1. The molecule has 0 amide bonds. The second-order valence-corrected chi connectivity index (χ2v) is 6.37.